The number of rotatable bonds is 7. The van der Waals surface area contributed by atoms with Crippen LogP contribution in [-0.2, 0) is 7.05 Å². The molecule has 1 saturated heterocycles. The van der Waals surface area contributed by atoms with Gasteiger partial charge in [-0.2, -0.15) is 4.39 Å². The molecule has 218 valence electrons. The van der Waals surface area contributed by atoms with Gasteiger partial charge in [0.2, 0.25) is 5.82 Å². The van der Waals surface area contributed by atoms with Crippen molar-refractivity contribution in [2.24, 2.45) is 7.05 Å². The number of piperidine rings is 1. The highest BCUT2D eigenvalue weighted by Crippen LogP contribution is 2.33. The molecule has 43 heavy (non-hydrogen) atoms. The SMILES string of the molecule is C#CCOc1ccc(-c2cnc3c(Nc4ccc(C(=O)N5CCC(c6nncn6C)CC5)c(Cl)c4)nccn23)c(F)c1F. The molecule has 0 unspecified atom stereocenters. The third-order valence-corrected chi connectivity index (χ3v) is 7.73. The Morgan fingerprint density at radius 3 is 2.72 bits per heavy atom. The minimum atomic E-state index is -1.14. The van der Waals surface area contributed by atoms with Crippen molar-refractivity contribution in [1.82, 2.24) is 34.0 Å². The van der Waals surface area contributed by atoms with Crippen molar-refractivity contribution in [2.75, 3.05) is 25.0 Å². The Labute approximate surface area is 250 Å². The Kier molecular flexibility index (Phi) is 7.65. The maximum absolute atomic E-state index is 15.0. The number of aromatic nitrogens is 6. The molecular weight excluding hydrogens is 578 g/mol. The number of likely N-dealkylation sites (tertiary alicyclic amines) is 1. The van der Waals surface area contributed by atoms with Crippen LogP contribution in [0.25, 0.3) is 16.9 Å². The van der Waals surface area contributed by atoms with E-state index in [9.17, 15) is 13.6 Å². The second kappa shape index (κ2) is 11.7. The van der Waals surface area contributed by atoms with Crippen LogP contribution in [0.3, 0.4) is 0 Å². The van der Waals surface area contributed by atoms with Gasteiger partial charge in [-0.15, -0.1) is 16.6 Å². The predicted molar refractivity (Wildman–Crippen MR) is 156 cm³/mol. The quantitative estimate of drug-likeness (QED) is 0.254. The van der Waals surface area contributed by atoms with Crippen molar-refractivity contribution in [3.05, 3.63) is 83.3 Å². The van der Waals surface area contributed by atoms with Crippen LogP contribution in [0, 0.1) is 24.0 Å². The largest absolute Gasteiger partial charge is 0.478 e. The van der Waals surface area contributed by atoms with E-state index < -0.39 is 11.6 Å². The van der Waals surface area contributed by atoms with Crippen molar-refractivity contribution in [3.8, 4) is 29.4 Å². The van der Waals surface area contributed by atoms with E-state index >= 15 is 0 Å². The maximum Gasteiger partial charge on any atom is 0.255 e. The fourth-order valence-electron chi connectivity index (χ4n) is 5.24. The van der Waals surface area contributed by atoms with Crippen LogP contribution in [-0.4, -0.2) is 59.6 Å². The van der Waals surface area contributed by atoms with Gasteiger partial charge < -0.3 is 19.5 Å². The second-order valence-corrected chi connectivity index (χ2v) is 10.4. The molecule has 1 aliphatic rings. The lowest BCUT2D eigenvalue weighted by Gasteiger charge is -2.31. The number of aryl methyl sites for hydroxylation is 1. The van der Waals surface area contributed by atoms with Crippen molar-refractivity contribution in [2.45, 2.75) is 18.8 Å². The average molecular weight is 603 g/mol. The minimum Gasteiger partial charge on any atom is -0.478 e. The molecule has 0 saturated carbocycles. The highest BCUT2D eigenvalue weighted by atomic mass is 35.5. The predicted octanol–water partition coefficient (Wildman–Crippen LogP) is 5.23. The summed E-state index contributed by atoms with van der Waals surface area (Å²) in [6.45, 7) is 0.993. The van der Waals surface area contributed by atoms with E-state index in [0.717, 1.165) is 18.7 Å². The number of ether oxygens (including phenoxy) is 1. The summed E-state index contributed by atoms with van der Waals surface area (Å²) in [5, 5.41) is 11.6. The average Bonchev–Trinajstić information content (AvgIpc) is 3.65. The highest BCUT2D eigenvalue weighted by Gasteiger charge is 2.28. The van der Waals surface area contributed by atoms with E-state index in [4.69, 9.17) is 22.8 Å². The molecule has 1 N–H and O–H groups in total. The third kappa shape index (κ3) is 5.35. The summed E-state index contributed by atoms with van der Waals surface area (Å²) in [7, 11) is 1.92. The number of imidazole rings is 1. The highest BCUT2D eigenvalue weighted by molar-refractivity contribution is 6.34. The van der Waals surface area contributed by atoms with Gasteiger partial charge in [0.15, 0.2) is 23.0 Å². The smallest absolute Gasteiger partial charge is 0.255 e. The number of nitrogens with zero attached hydrogens (tertiary/aromatic N) is 7. The zero-order valence-electron chi connectivity index (χ0n) is 23.0. The second-order valence-electron chi connectivity index (χ2n) is 10.0. The Balaban J connectivity index is 1.19. The number of hydrogen-bond acceptors (Lipinski definition) is 7. The van der Waals surface area contributed by atoms with E-state index in [1.54, 1.807) is 40.0 Å². The molecule has 5 aromatic rings. The van der Waals surface area contributed by atoms with E-state index in [1.165, 1.54) is 24.5 Å². The molecule has 1 fully saturated rings. The fourth-order valence-corrected chi connectivity index (χ4v) is 5.50. The van der Waals surface area contributed by atoms with Crippen LogP contribution in [0.1, 0.15) is 34.9 Å². The lowest BCUT2D eigenvalue weighted by molar-refractivity contribution is 0.0710. The number of hydrogen-bond donors (Lipinski definition) is 1. The van der Waals surface area contributed by atoms with Crippen molar-refractivity contribution >= 4 is 34.7 Å². The number of halogens is 3. The minimum absolute atomic E-state index is 0.0123. The molecule has 6 rings (SSSR count). The Hall–Kier alpha value is -5.02. The van der Waals surface area contributed by atoms with Gasteiger partial charge in [0.25, 0.3) is 5.91 Å². The van der Waals surface area contributed by atoms with Crippen LogP contribution in [0.5, 0.6) is 5.75 Å². The van der Waals surface area contributed by atoms with Crippen LogP contribution < -0.4 is 10.1 Å². The monoisotopic (exact) mass is 602 g/mol. The molecule has 4 heterocycles. The summed E-state index contributed by atoms with van der Waals surface area (Å²) in [4.78, 5) is 23.8. The number of fused-ring (bicyclic) bond motifs is 1. The molecular formula is C30H25ClF2N8O2. The lowest BCUT2D eigenvalue weighted by Crippen LogP contribution is -2.38. The number of carbonyl (C=O) groups is 1. The first-order valence-corrected chi connectivity index (χ1v) is 13.8. The molecule has 0 atom stereocenters. The first kappa shape index (κ1) is 28.1. The standard InChI is InChI=1S/C30H25ClF2N8O2/c1-3-14-43-24-7-6-21(25(32)26(24)33)23-16-35-29-27(34-10-13-41(23)29)37-19-4-5-20(22(31)15-19)30(42)40-11-8-18(9-12-40)28-38-36-17-39(28)2/h1,4-7,10,13,15-18H,8-9,11-12,14H2,2H3,(H,34,37). The van der Waals surface area contributed by atoms with E-state index in [2.05, 4.69) is 31.4 Å². The number of anilines is 2. The van der Waals surface area contributed by atoms with Gasteiger partial charge in [0, 0.05) is 49.7 Å². The molecule has 1 aliphatic heterocycles. The van der Waals surface area contributed by atoms with Gasteiger partial charge in [-0.25, -0.2) is 14.4 Å². The number of terminal acetylenes is 1. The van der Waals surface area contributed by atoms with Gasteiger partial charge >= 0.3 is 0 Å². The van der Waals surface area contributed by atoms with Gasteiger partial charge in [0.1, 0.15) is 18.8 Å². The first-order valence-electron chi connectivity index (χ1n) is 13.4. The molecule has 13 heteroatoms. The Morgan fingerprint density at radius 1 is 1.19 bits per heavy atom. The molecule has 0 aliphatic carbocycles. The van der Waals surface area contributed by atoms with Crippen LogP contribution >= 0.6 is 11.6 Å². The van der Waals surface area contributed by atoms with Gasteiger partial charge in [-0.05, 0) is 43.2 Å². The molecule has 3 aromatic heterocycles. The number of carbonyl (C=O) groups excluding carboxylic acids is 1. The zero-order valence-corrected chi connectivity index (χ0v) is 23.7. The summed E-state index contributed by atoms with van der Waals surface area (Å²) in [6.07, 6.45) is 12.9. The van der Waals surface area contributed by atoms with Crippen LogP contribution in [0.2, 0.25) is 5.02 Å². The third-order valence-electron chi connectivity index (χ3n) is 7.42. The van der Waals surface area contributed by atoms with Gasteiger partial charge in [-0.3, -0.25) is 9.20 Å². The lowest BCUT2D eigenvalue weighted by atomic mass is 9.95. The van der Waals surface area contributed by atoms with Crippen molar-refractivity contribution < 1.29 is 18.3 Å². The topological polar surface area (TPSA) is 102 Å². The fraction of sp³-hybridized carbons (Fsp3) is 0.233. The summed E-state index contributed by atoms with van der Waals surface area (Å²) >= 11 is 6.57. The molecule has 0 spiro atoms. The summed E-state index contributed by atoms with van der Waals surface area (Å²) in [5.74, 6) is 1.09. The Bertz CT molecular complexity index is 1870. The normalized spacial score (nSPS) is 13.7. The van der Waals surface area contributed by atoms with Gasteiger partial charge in [-0.1, -0.05) is 17.5 Å². The molecule has 10 nitrogen and oxygen atoms in total. The molecule has 0 radical (unpaired) electrons. The van der Waals surface area contributed by atoms with Crippen molar-refractivity contribution in [3.63, 3.8) is 0 Å². The van der Waals surface area contributed by atoms with Gasteiger partial charge in [0.05, 0.1) is 22.5 Å². The zero-order chi connectivity index (χ0) is 30.1. The summed E-state index contributed by atoms with van der Waals surface area (Å²) in [5.41, 5.74) is 1.63. The molecule has 0 bridgehead atoms. The Morgan fingerprint density at radius 2 is 2.00 bits per heavy atom. The first-order chi connectivity index (χ1) is 20.9. The molecule has 1 amide bonds. The number of benzene rings is 2. The van der Waals surface area contributed by atoms with Crippen LogP contribution in [0.4, 0.5) is 20.3 Å². The molecule has 2 aromatic carbocycles. The van der Waals surface area contributed by atoms with E-state index in [-0.39, 0.29) is 34.8 Å². The van der Waals surface area contributed by atoms with E-state index in [0.29, 0.717) is 41.5 Å². The maximum atomic E-state index is 15.0. The summed E-state index contributed by atoms with van der Waals surface area (Å²) in [6, 6.07) is 7.75. The van der Waals surface area contributed by atoms with E-state index in [1.807, 2.05) is 11.6 Å². The number of nitrogens with one attached hydrogen (secondary N) is 1. The van der Waals surface area contributed by atoms with Crippen LogP contribution in [0.15, 0.2) is 55.2 Å². The summed E-state index contributed by atoms with van der Waals surface area (Å²) < 4.78 is 38.2. The van der Waals surface area contributed by atoms with Crippen molar-refractivity contribution in [1.29, 1.82) is 0 Å². The number of amides is 1.